The van der Waals surface area contributed by atoms with E-state index in [1.165, 1.54) is 5.56 Å². The van der Waals surface area contributed by atoms with Crippen LogP contribution >= 0.6 is 0 Å². The average molecular weight is 355 g/mol. The smallest absolute Gasteiger partial charge is 0.260 e. The second-order valence-corrected chi connectivity index (χ2v) is 6.22. The summed E-state index contributed by atoms with van der Waals surface area (Å²) >= 11 is 0. The Morgan fingerprint density at radius 1 is 1.08 bits per heavy atom. The van der Waals surface area contributed by atoms with Gasteiger partial charge >= 0.3 is 0 Å². The molecule has 3 rings (SSSR count). The Kier molecular flexibility index (Phi) is 6.50. The van der Waals surface area contributed by atoms with Crippen LogP contribution in [-0.2, 0) is 16.0 Å². The second-order valence-electron chi connectivity index (χ2n) is 6.22. The first kappa shape index (κ1) is 18.3. The zero-order chi connectivity index (χ0) is 18.2. The van der Waals surface area contributed by atoms with Gasteiger partial charge in [0.2, 0.25) is 0 Å². The summed E-state index contributed by atoms with van der Waals surface area (Å²) in [6.45, 7) is 4.37. The van der Waals surface area contributed by atoms with Crippen LogP contribution in [0.5, 0.6) is 11.5 Å². The summed E-state index contributed by atoms with van der Waals surface area (Å²) in [6, 6.07) is 17.5. The predicted octanol–water partition coefficient (Wildman–Crippen LogP) is 2.93. The van der Waals surface area contributed by atoms with Crippen molar-refractivity contribution in [3.8, 4) is 11.5 Å². The molecule has 0 spiro atoms. The van der Waals surface area contributed by atoms with Gasteiger partial charge < -0.3 is 19.1 Å². The van der Waals surface area contributed by atoms with Crippen LogP contribution in [0.1, 0.15) is 12.5 Å². The van der Waals surface area contributed by atoms with Gasteiger partial charge in [-0.2, -0.15) is 0 Å². The number of rotatable bonds is 7. The number of ether oxygens (including phenoxy) is 3. The van der Waals surface area contributed by atoms with Crippen molar-refractivity contribution in [1.29, 1.82) is 0 Å². The quantitative estimate of drug-likeness (QED) is 0.766. The summed E-state index contributed by atoms with van der Waals surface area (Å²) in [5.41, 5.74) is 1.22. The molecule has 26 heavy (non-hydrogen) atoms. The maximum Gasteiger partial charge on any atom is 0.260 e. The van der Waals surface area contributed by atoms with Crippen molar-refractivity contribution in [3.05, 3.63) is 60.2 Å². The molecule has 1 atom stereocenters. The van der Waals surface area contributed by atoms with Crippen molar-refractivity contribution in [2.45, 2.75) is 19.4 Å². The van der Waals surface area contributed by atoms with E-state index >= 15 is 0 Å². The summed E-state index contributed by atoms with van der Waals surface area (Å²) in [5, 5.41) is 0. The summed E-state index contributed by atoms with van der Waals surface area (Å²) in [4.78, 5) is 14.3. The van der Waals surface area contributed by atoms with Crippen LogP contribution in [0.3, 0.4) is 0 Å². The molecule has 1 aliphatic rings. The van der Waals surface area contributed by atoms with Crippen LogP contribution in [0.15, 0.2) is 54.6 Å². The molecule has 0 unspecified atom stereocenters. The summed E-state index contributed by atoms with van der Waals surface area (Å²) < 4.78 is 16.8. The van der Waals surface area contributed by atoms with Gasteiger partial charge in [0.1, 0.15) is 11.5 Å². The standard InChI is InChI=1S/C21H25NO4/c1-2-24-18-8-10-19(11-9-18)26-16-21(23)22-12-13-25-20(15-22)14-17-6-4-3-5-7-17/h3-11,20H,2,12-16H2,1H3/t20-/m0/s1. The maximum atomic E-state index is 12.5. The van der Waals surface area contributed by atoms with Gasteiger partial charge in [-0.1, -0.05) is 30.3 Å². The van der Waals surface area contributed by atoms with Crippen LogP contribution in [0.4, 0.5) is 0 Å². The van der Waals surface area contributed by atoms with Crippen LogP contribution in [-0.4, -0.2) is 49.8 Å². The van der Waals surface area contributed by atoms with E-state index < -0.39 is 0 Å². The van der Waals surface area contributed by atoms with Crippen LogP contribution in [0.25, 0.3) is 0 Å². The van der Waals surface area contributed by atoms with E-state index in [1.54, 1.807) is 0 Å². The molecule has 0 aromatic heterocycles. The third kappa shape index (κ3) is 5.23. The highest BCUT2D eigenvalue weighted by molar-refractivity contribution is 5.77. The highest BCUT2D eigenvalue weighted by atomic mass is 16.5. The van der Waals surface area contributed by atoms with Crippen LogP contribution < -0.4 is 9.47 Å². The van der Waals surface area contributed by atoms with Gasteiger partial charge in [0, 0.05) is 19.5 Å². The second kappa shape index (κ2) is 9.25. The Labute approximate surface area is 154 Å². The third-order valence-electron chi connectivity index (χ3n) is 4.29. The van der Waals surface area contributed by atoms with Gasteiger partial charge in [0.05, 0.1) is 19.3 Å². The van der Waals surface area contributed by atoms with Crippen molar-refractivity contribution in [2.24, 2.45) is 0 Å². The number of hydrogen-bond acceptors (Lipinski definition) is 4. The Morgan fingerprint density at radius 3 is 2.46 bits per heavy atom. The number of carbonyl (C=O) groups excluding carboxylic acids is 1. The molecular weight excluding hydrogens is 330 g/mol. The minimum atomic E-state index is -0.0137. The largest absolute Gasteiger partial charge is 0.494 e. The van der Waals surface area contributed by atoms with Crippen molar-refractivity contribution in [1.82, 2.24) is 4.90 Å². The summed E-state index contributed by atoms with van der Waals surface area (Å²) in [6.07, 6.45) is 0.838. The minimum absolute atomic E-state index is 0.0137. The Balaban J connectivity index is 1.47. The molecule has 138 valence electrons. The zero-order valence-electron chi connectivity index (χ0n) is 15.1. The summed E-state index contributed by atoms with van der Waals surface area (Å²) in [5.74, 6) is 1.44. The predicted molar refractivity (Wildman–Crippen MR) is 99.6 cm³/mol. The van der Waals surface area contributed by atoms with Crippen molar-refractivity contribution >= 4 is 5.91 Å². The van der Waals surface area contributed by atoms with Gasteiger partial charge in [-0.15, -0.1) is 0 Å². The molecular formula is C21H25NO4. The first-order chi connectivity index (χ1) is 12.7. The van der Waals surface area contributed by atoms with Crippen molar-refractivity contribution in [3.63, 3.8) is 0 Å². The van der Waals surface area contributed by atoms with Crippen molar-refractivity contribution in [2.75, 3.05) is 32.9 Å². The number of carbonyl (C=O) groups is 1. The molecule has 0 aliphatic carbocycles. The molecule has 0 bridgehead atoms. The number of amides is 1. The Bertz CT molecular complexity index is 687. The molecule has 0 saturated carbocycles. The molecule has 1 amide bonds. The number of nitrogens with zero attached hydrogens (tertiary/aromatic N) is 1. The van der Waals surface area contributed by atoms with Gasteiger partial charge in [-0.3, -0.25) is 4.79 Å². The lowest BCUT2D eigenvalue weighted by Crippen LogP contribution is -2.47. The first-order valence-corrected chi connectivity index (χ1v) is 9.03. The van der Waals surface area contributed by atoms with Crippen molar-refractivity contribution < 1.29 is 19.0 Å². The van der Waals surface area contributed by atoms with E-state index in [4.69, 9.17) is 14.2 Å². The molecule has 1 fully saturated rings. The van der Waals surface area contributed by atoms with Gasteiger partial charge in [0.25, 0.3) is 5.91 Å². The summed E-state index contributed by atoms with van der Waals surface area (Å²) in [7, 11) is 0. The van der Waals surface area contributed by atoms with E-state index in [0.717, 1.165) is 12.2 Å². The lowest BCUT2D eigenvalue weighted by Gasteiger charge is -2.33. The van der Waals surface area contributed by atoms with Crippen LogP contribution in [0.2, 0.25) is 0 Å². The lowest BCUT2D eigenvalue weighted by molar-refractivity contribution is -0.140. The van der Waals surface area contributed by atoms with E-state index in [0.29, 0.717) is 32.1 Å². The SMILES string of the molecule is CCOc1ccc(OCC(=O)N2CCO[C@@H](Cc3ccccc3)C2)cc1. The highest BCUT2D eigenvalue weighted by Crippen LogP contribution is 2.18. The van der Waals surface area contributed by atoms with E-state index in [9.17, 15) is 4.79 Å². The number of hydrogen-bond donors (Lipinski definition) is 0. The topological polar surface area (TPSA) is 48.0 Å². The third-order valence-corrected chi connectivity index (χ3v) is 4.29. The monoisotopic (exact) mass is 355 g/mol. The molecule has 2 aromatic carbocycles. The molecule has 0 N–H and O–H groups in total. The molecule has 1 aliphatic heterocycles. The minimum Gasteiger partial charge on any atom is -0.494 e. The fourth-order valence-corrected chi connectivity index (χ4v) is 2.98. The lowest BCUT2D eigenvalue weighted by atomic mass is 10.1. The van der Waals surface area contributed by atoms with E-state index in [1.807, 2.05) is 54.3 Å². The Hall–Kier alpha value is -2.53. The fourth-order valence-electron chi connectivity index (χ4n) is 2.98. The van der Waals surface area contributed by atoms with Gasteiger partial charge in [0.15, 0.2) is 6.61 Å². The molecule has 1 saturated heterocycles. The average Bonchev–Trinajstić information content (AvgIpc) is 2.68. The maximum absolute atomic E-state index is 12.5. The molecule has 1 heterocycles. The number of benzene rings is 2. The van der Waals surface area contributed by atoms with Gasteiger partial charge in [-0.05, 0) is 36.8 Å². The van der Waals surface area contributed by atoms with Crippen LogP contribution in [0, 0.1) is 0 Å². The molecule has 5 heteroatoms. The van der Waals surface area contributed by atoms with E-state index in [-0.39, 0.29) is 18.6 Å². The Morgan fingerprint density at radius 2 is 1.77 bits per heavy atom. The zero-order valence-corrected chi connectivity index (χ0v) is 15.1. The number of morpholine rings is 1. The molecule has 0 radical (unpaired) electrons. The van der Waals surface area contributed by atoms with Gasteiger partial charge in [-0.25, -0.2) is 0 Å². The molecule has 2 aromatic rings. The fraction of sp³-hybridized carbons (Fsp3) is 0.381. The normalized spacial score (nSPS) is 17.0. The molecule has 5 nitrogen and oxygen atoms in total. The van der Waals surface area contributed by atoms with E-state index in [2.05, 4.69) is 12.1 Å². The first-order valence-electron chi connectivity index (χ1n) is 9.03. The highest BCUT2D eigenvalue weighted by Gasteiger charge is 2.24.